The lowest BCUT2D eigenvalue weighted by Gasteiger charge is -2.23. The number of nitrogens with zero attached hydrogens (tertiary/aromatic N) is 1. The minimum Gasteiger partial charge on any atom is -0.493 e. The van der Waals surface area contributed by atoms with Crippen molar-refractivity contribution in [1.29, 1.82) is 0 Å². The topological polar surface area (TPSA) is 124 Å². The highest BCUT2D eigenvalue weighted by Gasteiger charge is 2.42. The van der Waals surface area contributed by atoms with E-state index < -0.39 is 23.4 Å². The second kappa shape index (κ2) is 8.24. The zero-order valence-electron chi connectivity index (χ0n) is 16.5. The van der Waals surface area contributed by atoms with Crippen LogP contribution in [0.1, 0.15) is 23.7 Å². The van der Waals surface area contributed by atoms with Crippen LogP contribution < -0.4 is 19.5 Å². The molecule has 2 rings (SSSR count). The Labute approximate surface area is 162 Å². The van der Waals surface area contributed by atoms with Crippen LogP contribution in [-0.2, 0) is 9.53 Å². The number of hydrogen-bond acceptors (Lipinski definition) is 7. The number of carboxylic acids is 1. The molecule has 2 N–H and O–H groups in total. The third-order valence-corrected chi connectivity index (χ3v) is 4.74. The van der Waals surface area contributed by atoms with Crippen molar-refractivity contribution in [3.63, 3.8) is 0 Å². The van der Waals surface area contributed by atoms with Crippen molar-refractivity contribution < 1.29 is 38.4 Å². The van der Waals surface area contributed by atoms with Gasteiger partial charge in [0.1, 0.15) is 5.69 Å². The third kappa shape index (κ3) is 3.75. The minimum atomic E-state index is -1.02. The number of amides is 2. The van der Waals surface area contributed by atoms with E-state index in [4.69, 9.17) is 18.9 Å². The summed E-state index contributed by atoms with van der Waals surface area (Å²) in [7, 11) is 5.34. The van der Waals surface area contributed by atoms with Gasteiger partial charge in [-0.15, -0.1) is 0 Å². The lowest BCUT2D eigenvalue weighted by Crippen LogP contribution is -2.37. The van der Waals surface area contributed by atoms with Crippen LogP contribution in [-0.4, -0.2) is 69.5 Å². The molecule has 0 radical (unpaired) electrons. The number of carboxylic acid groups (broad SMARTS) is 1. The maximum absolute atomic E-state index is 12.8. The largest absolute Gasteiger partial charge is 0.493 e. The van der Waals surface area contributed by atoms with Gasteiger partial charge >= 0.3 is 18.0 Å². The van der Waals surface area contributed by atoms with Gasteiger partial charge in [0.05, 0.1) is 39.4 Å². The summed E-state index contributed by atoms with van der Waals surface area (Å²) in [6.45, 7) is 1.88. The van der Waals surface area contributed by atoms with Gasteiger partial charge in [0.15, 0.2) is 11.5 Å². The van der Waals surface area contributed by atoms with Crippen molar-refractivity contribution in [2.75, 3.05) is 46.8 Å². The van der Waals surface area contributed by atoms with Crippen LogP contribution in [0.4, 0.5) is 10.5 Å². The molecule has 1 aromatic rings. The molecule has 2 amide bonds. The summed E-state index contributed by atoms with van der Waals surface area (Å²) in [6, 6.07) is 0.800. The molecule has 1 atom stereocenters. The van der Waals surface area contributed by atoms with Gasteiger partial charge in [-0.1, -0.05) is 0 Å². The van der Waals surface area contributed by atoms with Gasteiger partial charge in [0, 0.05) is 19.2 Å². The van der Waals surface area contributed by atoms with Gasteiger partial charge in [-0.05, 0) is 13.3 Å². The highest BCUT2D eigenvalue weighted by Crippen LogP contribution is 2.45. The highest BCUT2D eigenvalue weighted by molar-refractivity contribution is 6.04. The molecule has 0 bridgehead atoms. The Hall–Kier alpha value is -3.17. The van der Waals surface area contributed by atoms with E-state index in [1.807, 2.05) is 0 Å². The zero-order chi connectivity index (χ0) is 21.1. The van der Waals surface area contributed by atoms with Gasteiger partial charge in [-0.25, -0.2) is 9.59 Å². The molecule has 1 fully saturated rings. The van der Waals surface area contributed by atoms with Crippen molar-refractivity contribution >= 4 is 23.7 Å². The lowest BCUT2D eigenvalue weighted by molar-refractivity contribution is -0.146. The number of aliphatic carboxylic acids is 1. The summed E-state index contributed by atoms with van der Waals surface area (Å²) in [6.07, 6.45) is 0.322. The predicted octanol–water partition coefficient (Wildman–Crippen LogP) is 1.83. The summed E-state index contributed by atoms with van der Waals surface area (Å²) in [5.74, 6) is -1.20. The second-order valence-corrected chi connectivity index (χ2v) is 6.53. The van der Waals surface area contributed by atoms with Gasteiger partial charge in [-0.2, -0.15) is 0 Å². The number of likely N-dealkylation sites (tertiary alicyclic amines) is 1. The molecule has 1 saturated heterocycles. The fourth-order valence-electron chi connectivity index (χ4n) is 3.05. The first-order chi connectivity index (χ1) is 13.2. The molecular formula is C18H24N2O8. The number of carbonyl (C=O) groups is 3. The van der Waals surface area contributed by atoms with E-state index in [1.165, 1.54) is 39.4 Å². The Morgan fingerprint density at radius 3 is 2.21 bits per heavy atom. The van der Waals surface area contributed by atoms with Crippen molar-refractivity contribution in [3.8, 4) is 17.2 Å². The van der Waals surface area contributed by atoms with Crippen molar-refractivity contribution in [3.05, 3.63) is 11.6 Å². The second-order valence-electron chi connectivity index (χ2n) is 6.53. The Balaban J connectivity index is 2.44. The van der Waals surface area contributed by atoms with Gasteiger partial charge < -0.3 is 34.3 Å². The molecule has 28 heavy (non-hydrogen) atoms. The molecule has 1 aromatic carbocycles. The smallest absolute Gasteiger partial charge is 0.340 e. The normalized spacial score (nSPS) is 18.4. The molecule has 1 heterocycles. The molecule has 154 valence electrons. The number of benzene rings is 1. The minimum absolute atomic E-state index is 0.00513. The van der Waals surface area contributed by atoms with E-state index >= 15 is 0 Å². The average Bonchev–Trinajstić information content (AvgIpc) is 3.10. The first-order valence-corrected chi connectivity index (χ1v) is 8.43. The molecule has 0 spiro atoms. The first-order valence-electron chi connectivity index (χ1n) is 8.43. The Morgan fingerprint density at radius 2 is 1.75 bits per heavy atom. The van der Waals surface area contributed by atoms with E-state index in [2.05, 4.69) is 5.32 Å². The van der Waals surface area contributed by atoms with Crippen LogP contribution in [0.2, 0.25) is 0 Å². The monoisotopic (exact) mass is 396 g/mol. The highest BCUT2D eigenvalue weighted by atomic mass is 16.5. The third-order valence-electron chi connectivity index (χ3n) is 4.74. The molecule has 1 aliphatic rings. The van der Waals surface area contributed by atoms with E-state index in [0.717, 1.165) is 0 Å². The standard InChI is InChI=1S/C18H24N2O8/c1-18(16(22)23)6-7-20(9-18)17(24)19-12-10(15(21)28-5)8-11(25-2)13(26-3)14(12)27-4/h8H,6-7,9H2,1-5H3,(H,19,24)(H,22,23). The number of hydrogen-bond donors (Lipinski definition) is 2. The summed E-state index contributed by atoms with van der Waals surface area (Å²) in [4.78, 5) is 37.8. The molecular weight excluding hydrogens is 372 g/mol. The molecule has 1 aliphatic heterocycles. The zero-order valence-corrected chi connectivity index (χ0v) is 16.5. The Kier molecular flexibility index (Phi) is 6.22. The van der Waals surface area contributed by atoms with Gasteiger partial charge in [0.25, 0.3) is 0 Å². The molecule has 10 nitrogen and oxygen atoms in total. The maximum Gasteiger partial charge on any atom is 0.340 e. The Morgan fingerprint density at radius 1 is 1.11 bits per heavy atom. The van der Waals surface area contributed by atoms with Gasteiger partial charge in [-0.3, -0.25) is 4.79 Å². The van der Waals surface area contributed by atoms with Crippen LogP contribution in [0.3, 0.4) is 0 Å². The molecule has 0 aliphatic carbocycles. The van der Waals surface area contributed by atoms with Crippen molar-refractivity contribution in [2.45, 2.75) is 13.3 Å². The van der Waals surface area contributed by atoms with Gasteiger partial charge in [0.2, 0.25) is 5.75 Å². The number of nitrogens with one attached hydrogen (secondary N) is 1. The quantitative estimate of drug-likeness (QED) is 0.698. The SMILES string of the molecule is COC(=O)c1cc(OC)c(OC)c(OC)c1NC(=O)N1CCC(C)(C(=O)O)C1. The average molecular weight is 396 g/mol. The summed E-state index contributed by atoms with van der Waals surface area (Å²) < 4.78 is 20.7. The molecule has 1 unspecified atom stereocenters. The first kappa shape index (κ1) is 21.1. The predicted molar refractivity (Wildman–Crippen MR) is 98.4 cm³/mol. The number of esters is 1. The summed E-state index contributed by atoms with van der Waals surface area (Å²) >= 11 is 0. The fraction of sp³-hybridized carbons (Fsp3) is 0.500. The number of methoxy groups -OCH3 is 4. The number of carbonyl (C=O) groups excluding carboxylic acids is 2. The number of rotatable bonds is 6. The maximum atomic E-state index is 12.8. The van der Waals surface area contributed by atoms with Crippen LogP contribution in [0.5, 0.6) is 17.2 Å². The van der Waals surface area contributed by atoms with E-state index in [0.29, 0.717) is 6.42 Å². The van der Waals surface area contributed by atoms with E-state index in [-0.39, 0.29) is 41.6 Å². The van der Waals surface area contributed by atoms with E-state index in [1.54, 1.807) is 6.92 Å². The summed E-state index contributed by atoms with van der Waals surface area (Å²) in [5, 5.41) is 12.0. The molecule has 0 saturated carbocycles. The van der Waals surface area contributed by atoms with Crippen LogP contribution in [0, 0.1) is 5.41 Å². The number of urea groups is 1. The fourth-order valence-corrected chi connectivity index (χ4v) is 3.05. The number of ether oxygens (including phenoxy) is 4. The van der Waals surface area contributed by atoms with Crippen molar-refractivity contribution in [2.24, 2.45) is 5.41 Å². The lowest BCUT2D eigenvalue weighted by atomic mass is 9.90. The van der Waals surface area contributed by atoms with Crippen LogP contribution in [0.25, 0.3) is 0 Å². The van der Waals surface area contributed by atoms with E-state index in [9.17, 15) is 19.5 Å². The molecule has 0 aromatic heterocycles. The van der Waals surface area contributed by atoms with Crippen molar-refractivity contribution in [1.82, 2.24) is 4.90 Å². The summed E-state index contributed by atoms with van der Waals surface area (Å²) in [5.41, 5.74) is -0.976. The van der Waals surface area contributed by atoms with Crippen LogP contribution in [0.15, 0.2) is 6.07 Å². The van der Waals surface area contributed by atoms with Crippen LogP contribution >= 0.6 is 0 Å². The number of anilines is 1. The molecule has 10 heteroatoms. The Bertz CT molecular complexity index is 794.